The summed E-state index contributed by atoms with van der Waals surface area (Å²) in [6.45, 7) is 3.38. The van der Waals surface area contributed by atoms with Crippen LogP contribution in [0, 0.1) is 38.5 Å². The van der Waals surface area contributed by atoms with E-state index in [2.05, 4.69) is 21.8 Å². The van der Waals surface area contributed by atoms with Crippen molar-refractivity contribution >= 4 is 23.4 Å². The summed E-state index contributed by atoms with van der Waals surface area (Å²) in [5.41, 5.74) is 11.4. The molecule has 0 fully saturated rings. The van der Waals surface area contributed by atoms with Gasteiger partial charge in [0.05, 0.1) is 47.3 Å². The zero-order valence-corrected chi connectivity index (χ0v) is 29.9. The number of terminal acetylenes is 2. The smallest absolute Gasteiger partial charge is 0.361 e. The molecule has 8 rings (SSSR count). The Morgan fingerprint density at radius 1 is 0.636 bits per heavy atom. The first-order chi connectivity index (χ1) is 26.9. The number of carbonyl (C=O) groups excluding carboxylic acids is 2. The molecule has 0 bridgehead atoms. The van der Waals surface area contributed by atoms with Gasteiger partial charge in [-0.2, -0.15) is 0 Å². The van der Waals surface area contributed by atoms with E-state index in [1.807, 2.05) is 108 Å². The Morgan fingerprint density at radius 3 is 1.49 bits per heavy atom. The highest BCUT2D eigenvalue weighted by molar-refractivity contribution is 6.17. The molecule has 6 aromatic rings. The van der Waals surface area contributed by atoms with Crippen molar-refractivity contribution in [3.8, 4) is 36.1 Å². The van der Waals surface area contributed by atoms with Gasteiger partial charge in [0, 0.05) is 33.4 Å². The van der Waals surface area contributed by atoms with E-state index in [0.29, 0.717) is 22.5 Å². The number of fused-ring (bicyclic) bond motifs is 6. The summed E-state index contributed by atoms with van der Waals surface area (Å²) >= 11 is 0. The molecule has 0 aliphatic carbocycles. The Morgan fingerprint density at radius 2 is 1.07 bits per heavy atom. The van der Waals surface area contributed by atoms with Crippen LogP contribution in [0.3, 0.4) is 0 Å². The number of imidazole rings is 2. The Kier molecular flexibility index (Phi) is 9.21. The van der Waals surface area contributed by atoms with Crippen LogP contribution in [0.2, 0.25) is 0 Å². The first kappa shape index (κ1) is 34.7. The molecule has 0 spiro atoms. The summed E-state index contributed by atoms with van der Waals surface area (Å²) in [5.74, 6) is 3.96. The van der Waals surface area contributed by atoms with Crippen LogP contribution in [-0.4, -0.2) is 56.1 Å². The van der Waals surface area contributed by atoms with Gasteiger partial charge in [0.25, 0.3) is 0 Å². The molecule has 0 saturated carbocycles. The Hall–Kier alpha value is -7.34. The highest BCUT2D eigenvalue weighted by Gasteiger charge is 2.28. The quantitative estimate of drug-likeness (QED) is 0.0784. The molecule has 0 atom stereocenters. The van der Waals surface area contributed by atoms with Gasteiger partial charge in [-0.25, -0.2) is 19.6 Å². The molecule has 2 aromatic heterocycles. The van der Waals surface area contributed by atoms with Gasteiger partial charge < -0.3 is 14.2 Å². The summed E-state index contributed by atoms with van der Waals surface area (Å²) in [4.78, 5) is 45.2. The van der Waals surface area contributed by atoms with Crippen molar-refractivity contribution in [3.63, 3.8) is 0 Å². The van der Waals surface area contributed by atoms with Crippen molar-refractivity contribution in [2.45, 2.75) is 26.9 Å². The number of esters is 2. The fourth-order valence-corrected chi connectivity index (χ4v) is 6.83. The van der Waals surface area contributed by atoms with Gasteiger partial charge in [-0.05, 0) is 61.4 Å². The third kappa shape index (κ3) is 6.39. The number of benzene rings is 4. The predicted molar refractivity (Wildman–Crippen MR) is 206 cm³/mol. The van der Waals surface area contributed by atoms with Crippen LogP contribution in [0.4, 0.5) is 0 Å². The Bertz CT molecular complexity index is 2500. The number of aromatic nitrogens is 4. The van der Waals surface area contributed by atoms with Crippen LogP contribution >= 0.6 is 0 Å². The monoisotopic (exact) mass is 724 g/mol. The second-order valence-electron chi connectivity index (χ2n) is 12.8. The molecule has 0 radical (unpaired) electrons. The number of rotatable bonds is 8. The van der Waals surface area contributed by atoms with E-state index in [9.17, 15) is 9.59 Å². The lowest BCUT2D eigenvalue weighted by Gasteiger charge is -2.14. The van der Waals surface area contributed by atoms with E-state index in [1.54, 1.807) is 12.7 Å². The molecular weight excluding hydrogens is 693 g/mol. The number of hydrogen-bond acceptors (Lipinski definition) is 9. The minimum Gasteiger partial charge on any atom is -0.434 e. The molecule has 4 heterocycles. The van der Waals surface area contributed by atoms with E-state index in [4.69, 9.17) is 37.0 Å². The largest absolute Gasteiger partial charge is 0.434 e. The van der Waals surface area contributed by atoms with Crippen molar-refractivity contribution in [1.82, 2.24) is 19.1 Å². The van der Waals surface area contributed by atoms with Gasteiger partial charge in [0.1, 0.15) is 12.7 Å². The highest BCUT2D eigenvalue weighted by atomic mass is 16.8. The molecule has 4 aromatic carbocycles. The maximum Gasteiger partial charge on any atom is 0.361 e. The van der Waals surface area contributed by atoms with E-state index in [1.165, 1.54) is 0 Å². The first-order valence-corrected chi connectivity index (χ1v) is 17.3. The molecular formula is C44H32N6O5. The van der Waals surface area contributed by atoms with Crippen molar-refractivity contribution in [1.29, 1.82) is 0 Å². The van der Waals surface area contributed by atoms with Gasteiger partial charge in [-0.1, -0.05) is 60.4 Å². The van der Waals surface area contributed by atoms with E-state index >= 15 is 0 Å². The van der Waals surface area contributed by atoms with Crippen LogP contribution < -0.4 is 0 Å². The molecule has 11 heteroatoms. The van der Waals surface area contributed by atoms with Crippen LogP contribution in [0.5, 0.6) is 0 Å². The molecule has 0 amide bonds. The van der Waals surface area contributed by atoms with Gasteiger partial charge in [0.2, 0.25) is 0 Å². The van der Waals surface area contributed by atoms with Crippen LogP contribution in [-0.2, 0) is 27.3 Å². The van der Waals surface area contributed by atoms with E-state index < -0.39 is 25.5 Å². The average molecular weight is 725 g/mol. The van der Waals surface area contributed by atoms with Gasteiger partial charge in [-0.3, -0.25) is 19.1 Å². The Balaban J connectivity index is 0.953. The second kappa shape index (κ2) is 14.6. The number of aliphatic imine (C=N–C) groups is 2. The molecule has 0 unspecified atom stereocenters. The zero-order valence-electron chi connectivity index (χ0n) is 29.9. The molecule has 268 valence electrons. The fourth-order valence-electron chi connectivity index (χ4n) is 6.83. The van der Waals surface area contributed by atoms with Crippen LogP contribution in [0.1, 0.15) is 76.9 Å². The lowest BCUT2D eigenvalue weighted by atomic mass is 9.95. The summed E-state index contributed by atoms with van der Waals surface area (Å²) in [6, 6.07) is 27.2. The van der Waals surface area contributed by atoms with Gasteiger partial charge in [-0.15, -0.1) is 12.8 Å². The van der Waals surface area contributed by atoms with Crippen LogP contribution in [0.15, 0.2) is 108 Å². The predicted octanol–water partition coefficient (Wildman–Crippen LogP) is 6.28. The topological polar surface area (TPSA) is 122 Å². The van der Waals surface area contributed by atoms with Crippen LogP contribution in [0.25, 0.3) is 11.4 Å². The molecule has 0 saturated heterocycles. The van der Waals surface area contributed by atoms with E-state index in [0.717, 1.165) is 56.2 Å². The minimum absolute atomic E-state index is 0.0864. The maximum atomic E-state index is 13.3. The normalized spacial score (nSPS) is 12.6. The fraction of sp³-hybridized carbons (Fsp3) is 0.136. The molecule has 2 aliphatic rings. The molecule has 11 nitrogen and oxygen atoms in total. The van der Waals surface area contributed by atoms with Crippen molar-refractivity contribution in [2.24, 2.45) is 9.98 Å². The van der Waals surface area contributed by atoms with Gasteiger partial charge >= 0.3 is 11.9 Å². The third-order valence-electron chi connectivity index (χ3n) is 9.60. The van der Waals surface area contributed by atoms with Crippen molar-refractivity contribution in [2.75, 3.05) is 13.6 Å². The number of ether oxygens (including phenoxy) is 3. The number of carbonyl (C=O) groups is 2. The SMILES string of the molecule is C#Cc1ccc2c(c1)C(c1ccccc1C)=NCc1c(C(=O)OCOCOC(=O)c3ncn4c3CN=C(c3ccccc3C)c3cc(C#C)ccc3-4)ncn1-2. The minimum atomic E-state index is -0.718. The standard InChI is InChI=1S/C44H32N6O5/c1-5-29-15-17-35-33(19-29)39(31-13-9-7-11-27(31)3)45-21-37-41(47-23-49(35)37)43(51)54-25-53-26-55-44(52)42-38-22-46-40(32-14-10-8-12-28(32)4)34-20-30(6-2)16-18-36(34)50(38)24-48-42/h1-2,7-20,23-24H,21-22,25-26H2,3-4H3. The first-order valence-electron chi connectivity index (χ1n) is 17.3. The second-order valence-corrected chi connectivity index (χ2v) is 12.8. The average Bonchev–Trinajstić information content (AvgIpc) is 3.75. The summed E-state index contributed by atoms with van der Waals surface area (Å²) in [6.07, 6.45) is 14.6. The zero-order chi connectivity index (χ0) is 38.1. The molecule has 55 heavy (non-hydrogen) atoms. The lowest BCUT2D eigenvalue weighted by Crippen LogP contribution is -2.16. The number of hydrogen-bond donors (Lipinski definition) is 0. The van der Waals surface area contributed by atoms with Gasteiger partial charge in [0.15, 0.2) is 25.0 Å². The maximum absolute atomic E-state index is 13.3. The number of nitrogens with zero attached hydrogens (tertiary/aromatic N) is 6. The summed E-state index contributed by atoms with van der Waals surface area (Å²) in [7, 11) is 0. The Labute approximate surface area is 317 Å². The van der Waals surface area contributed by atoms with E-state index in [-0.39, 0.29) is 24.5 Å². The van der Waals surface area contributed by atoms with Crippen molar-refractivity contribution < 1.29 is 23.8 Å². The summed E-state index contributed by atoms with van der Waals surface area (Å²) in [5, 5.41) is 0. The summed E-state index contributed by atoms with van der Waals surface area (Å²) < 4.78 is 19.8. The lowest BCUT2D eigenvalue weighted by molar-refractivity contribution is -0.0935. The third-order valence-corrected chi connectivity index (χ3v) is 9.60. The number of aryl methyl sites for hydroxylation is 2. The van der Waals surface area contributed by atoms with Crippen molar-refractivity contribution in [3.05, 3.63) is 165 Å². The molecule has 0 N–H and O–H groups in total. The molecule has 2 aliphatic heterocycles. The highest BCUT2D eigenvalue weighted by Crippen LogP contribution is 2.30.